The third kappa shape index (κ3) is 2.39. The molecule has 0 bridgehead atoms. The van der Waals surface area contributed by atoms with Crippen molar-refractivity contribution in [2.45, 2.75) is 0 Å². The van der Waals surface area contributed by atoms with E-state index in [-0.39, 0.29) is 11.3 Å². The lowest BCUT2D eigenvalue weighted by Crippen LogP contribution is -2.54. The number of amides is 4. The summed E-state index contributed by atoms with van der Waals surface area (Å²) in [7, 11) is 0. The minimum absolute atomic E-state index is 0.154. The molecule has 1 saturated heterocycles. The van der Waals surface area contributed by atoms with Gasteiger partial charge in [0.25, 0.3) is 11.8 Å². The first-order valence-electron chi connectivity index (χ1n) is 6.27. The minimum Gasteiger partial charge on any atom is -0.465 e. The Hall–Kier alpha value is -3.22. The summed E-state index contributed by atoms with van der Waals surface area (Å²) in [5.41, 5.74) is -0.0966. The van der Waals surface area contributed by atoms with Crippen LogP contribution in [0.1, 0.15) is 5.76 Å². The largest absolute Gasteiger partial charge is 0.465 e. The van der Waals surface area contributed by atoms with Gasteiger partial charge in [-0.25, -0.2) is 14.1 Å². The number of benzene rings is 1. The predicted molar refractivity (Wildman–Crippen MR) is 74.1 cm³/mol. The average Bonchev–Trinajstić information content (AvgIpc) is 2.98. The second-order valence-corrected chi connectivity index (χ2v) is 4.45. The van der Waals surface area contributed by atoms with Gasteiger partial charge in [-0.3, -0.25) is 14.9 Å². The van der Waals surface area contributed by atoms with Crippen molar-refractivity contribution in [3.05, 3.63) is 59.8 Å². The van der Waals surface area contributed by atoms with Gasteiger partial charge in [0.05, 0.1) is 12.0 Å². The van der Waals surface area contributed by atoms with Gasteiger partial charge in [-0.15, -0.1) is 0 Å². The summed E-state index contributed by atoms with van der Waals surface area (Å²) in [5, 5.41) is 2.06. The normalized spacial score (nSPS) is 17.0. The van der Waals surface area contributed by atoms with Crippen molar-refractivity contribution in [2.24, 2.45) is 0 Å². The first-order chi connectivity index (χ1) is 10.6. The fourth-order valence-electron chi connectivity index (χ4n) is 2.00. The smallest absolute Gasteiger partial charge is 0.335 e. The second kappa shape index (κ2) is 5.28. The zero-order chi connectivity index (χ0) is 15.7. The fourth-order valence-corrected chi connectivity index (χ4v) is 2.00. The van der Waals surface area contributed by atoms with E-state index < -0.39 is 23.7 Å². The zero-order valence-electron chi connectivity index (χ0n) is 11.1. The molecule has 1 aromatic carbocycles. The van der Waals surface area contributed by atoms with E-state index in [1.165, 1.54) is 24.5 Å². The number of urea groups is 1. The number of carbonyl (C=O) groups excluding carboxylic acids is 3. The molecular formula is C15H9FN2O4. The number of anilines is 1. The highest BCUT2D eigenvalue weighted by Gasteiger charge is 2.36. The predicted octanol–water partition coefficient (Wildman–Crippen LogP) is 2.09. The fraction of sp³-hybridized carbons (Fsp3) is 0. The molecule has 110 valence electrons. The zero-order valence-corrected chi connectivity index (χ0v) is 11.1. The van der Waals surface area contributed by atoms with Gasteiger partial charge in [-0.05, 0) is 42.5 Å². The van der Waals surface area contributed by atoms with E-state index in [1.807, 2.05) is 0 Å². The number of barbiturate groups is 1. The highest BCUT2D eigenvalue weighted by Crippen LogP contribution is 2.22. The molecule has 7 heteroatoms. The van der Waals surface area contributed by atoms with E-state index in [4.69, 9.17) is 4.42 Å². The minimum atomic E-state index is -0.891. The number of nitrogens with zero attached hydrogens (tertiary/aromatic N) is 1. The van der Waals surface area contributed by atoms with Crippen molar-refractivity contribution in [3.8, 4) is 0 Å². The van der Waals surface area contributed by atoms with Crippen molar-refractivity contribution in [2.75, 3.05) is 4.90 Å². The molecule has 0 unspecified atom stereocenters. The van der Waals surface area contributed by atoms with E-state index in [1.54, 1.807) is 12.1 Å². The van der Waals surface area contributed by atoms with Crippen LogP contribution in [0.4, 0.5) is 14.9 Å². The summed E-state index contributed by atoms with van der Waals surface area (Å²) < 4.78 is 18.0. The van der Waals surface area contributed by atoms with E-state index in [2.05, 4.69) is 5.32 Å². The summed E-state index contributed by atoms with van der Waals surface area (Å²) in [5.74, 6) is -1.83. The molecule has 0 radical (unpaired) electrons. The van der Waals surface area contributed by atoms with Crippen molar-refractivity contribution < 1.29 is 23.2 Å². The van der Waals surface area contributed by atoms with Gasteiger partial charge in [0.2, 0.25) is 0 Å². The van der Waals surface area contributed by atoms with Crippen LogP contribution in [0.25, 0.3) is 6.08 Å². The molecule has 0 atom stereocenters. The maximum Gasteiger partial charge on any atom is 0.335 e. The maximum atomic E-state index is 13.0. The monoisotopic (exact) mass is 300 g/mol. The van der Waals surface area contributed by atoms with Crippen LogP contribution >= 0.6 is 0 Å². The Morgan fingerprint density at radius 2 is 1.82 bits per heavy atom. The Labute approximate surface area is 123 Å². The number of hydrogen-bond donors (Lipinski definition) is 1. The molecule has 22 heavy (non-hydrogen) atoms. The SMILES string of the molecule is O=C1NC(=O)N(c2ccc(F)cc2)C(=O)C1=Cc1ccco1. The molecule has 0 aliphatic carbocycles. The van der Waals surface area contributed by atoms with Crippen molar-refractivity contribution in [3.63, 3.8) is 0 Å². The van der Waals surface area contributed by atoms with Crippen LogP contribution in [-0.4, -0.2) is 17.8 Å². The van der Waals surface area contributed by atoms with E-state index in [0.717, 1.165) is 17.0 Å². The van der Waals surface area contributed by atoms with Crippen LogP contribution in [0.5, 0.6) is 0 Å². The molecule has 1 aliphatic rings. The van der Waals surface area contributed by atoms with Gasteiger partial charge in [0.1, 0.15) is 17.2 Å². The Morgan fingerprint density at radius 1 is 1.09 bits per heavy atom. The number of carbonyl (C=O) groups is 3. The number of hydrogen-bond acceptors (Lipinski definition) is 4. The molecule has 6 nitrogen and oxygen atoms in total. The van der Waals surface area contributed by atoms with E-state index in [9.17, 15) is 18.8 Å². The molecule has 1 aromatic heterocycles. The number of nitrogens with one attached hydrogen (secondary N) is 1. The molecule has 1 aliphatic heterocycles. The van der Waals surface area contributed by atoms with Crippen LogP contribution in [0.15, 0.2) is 52.7 Å². The third-order valence-corrected chi connectivity index (χ3v) is 3.02. The summed E-state index contributed by atoms with van der Waals surface area (Å²) in [6.45, 7) is 0. The van der Waals surface area contributed by atoms with Crippen LogP contribution in [0, 0.1) is 5.82 Å². The highest BCUT2D eigenvalue weighted by molar-refractivity contribution is 6.39. The third-order valence-electron chi connectivity index (χ3n) is 3.02. The molecule has 0 spiro atoms. The quantitative estimate of drug-likeness (QED) is 0.680. The van der Waals surface area contributed by atoms with Crippen LogP contribution in [0.3, 0.4) is 0 Å². The molecule has 2 aromatic rings. The molecule has 4 amide bonds. The van der Waals surface area contributed by atoms with E-state index >= 15 is 0 Å². The highest BCUT2D eigenvalue weighted by atomic mass is 19.1. The first-order valence-corrected chi connectivity index (χ1v) is 6.27. The van der Waals surface area contributed by atoms with Gasteiger partial charge in [-0.1, -0.05) is 0 Å². The van der Waals surface area contributed by atoms with Gasteiger partial charge in [0, 0.05) is 0 Å². The Balaban J connectivity index is 2.01. The summed E-state index contributed by atoms with van der Waals surface area (Å²) in [4.78, 5) is 36.9. The van der Waals surface area contributed by atoms with Crippen molar-refractivity contribution >= 4 is 29.6 Å². The average molecular weight is 300 g/mol. The lowest BCUT2D eigenvalue weighted by atomic mass is 10.1. The van der Waals surface area contributed by atoms with Crippen LogP contribution in [0.2, 0.25) is 0 Å². The van der Waals surface area contributed by atoms with Gasteiger partial charge in [0.15, 0.2) is 0 Å². The van der Waals surface area contributed by atoms with Crippen LogP contribution < -0.4 is 10.2 Å². The number of rotatable bonds is 2. The van der Waals surface area contributed by atoms with Crippen molar-refractivity contribution in [1.29, 1.82) is 0 Å². The lowest BCUT2D eigenvalue weighted by Gasteiger charge is -2.26. The van der Waals surface area contributed by atoms with Gasteiger partial charge in [-0.2, -0.15) is 0 Å². The van der Waals surface area contributed by atoms with Gasteiger partial charge >= 0.3 is 6.03 Å². The van der Waals surface area contributed by atoms with E-state index in [0.29, 0.717) is 5.76 Å². The number of imide groups is 2. The first kappa shape index (κ1) is 13.7. The van der Waals surface area contributed by atoms with Gasteiger partial charge < -0.3 is 4.42 Å². The molecular weight excluding hydrogens is 291 g/mol. The Bertz CT molecular complexity index is 778. The standard InChI is InChI=1S/C15H9FN2O4/c16-9-3-5-10(6-4-9)18-14(20)12(13(19)17-15(18)21)8-11-2-1-7-22-11/h1-8H,(H,17,19,21). The van der Waals surface area contributed by atoms with Crippen molar-refractivity contribution in [1.82, 2.24) is 5.32 Å². The molecule has 1 fully saturated rings. The second-order valence-electron chi connectivity index (χ2n) is 4.45. The van der Waals surface area contributed by atoms with Crippen LogP contribution in [-0.2, 0) is 9.59 Å². The molecule has 0 saturated carbocycles. The Morgan fingerprint density at radius 3 is 2.45 bits per heavy atom. The molecule has 1 N–H and O–H groups in total. The summed E-state index contributed by atoms with van der Waals surface area (Å²) in [6.07, 6.45) is 2.63. The summed E-state index contributed by atoms with van der Waals surface area (Å²) >= 11 is 0. The Kier molecular flexibility index (Phi) is 3.30. The number of furan rings is 1. The lowest BCUT2D eigenvalue weighted by molar-refractivity contribution is -0.122. The summed E-state index contributed by atoms with van der Waals surface area (Å²) in [6, 6.07) is 7.04. The number of halogens is 1. The molecule has 2 heterocycles. The molecule has 3 rings (SSSR count). The topological polar surface area (TPSA) is 79.6 Å². The maximum absolute atomic E-state index is 13.0.